The van der Waals surface area contributed by atoms with Crippen molar-refractivity contribution in [1.29, 1.82) is 0 Å². The van der Waals surface area contributed by atoms with Crippen LogP contribution in [0.25, 0.3) is 0 Å². The van der Waals surface area contributed by atoms with Gasteiger partial charge < -0.3 is 19.9 Å². The van der Waals surface area contributed by atoms with E-state index in [1.165, 1.54) is 0 Å². The number of methoxy groups -OCH3 is 1. The minimum atomic E-state index is 0.123. The Morgan fingerprint density at radius 2 is 1.87 bits per heavy atom. The molecule has 23 heavy (non-hydrogen) atoms. The Bertz CT molecular complexity index is 361. The van der Waals surface area contributed by atoms with E-state index >= 15 is 0 Å². The molecule has 0 unspecified atom stereocenters. The summed E-state index contributed by atoms with van der Waals surface area (Å²) >= 11 is 0. The van der Waals surface area contributed by atoms with Crippen LogP contribution >= 0.6 is 0 Å². The highest BCUT2D eigenvalue weighted by Gasteiger charge is 2.21. The van der Waals surface area contributed by atoms with Gasteiger partial charge in [0.25, 0.3) is 0 Å². The Kier molecular flexibility index (Phi) is 9.82. The predicted molar refractivity (Wildman–Crippen MR) is 90.3 cm³/mol. The molecule has 134 valence electrons. The summed E-state index contributed by atoms with van der Waals surface area (Å²) < 4.78 is 4.95. The van der Waals surface area contributed by atoms with Gasteiger partial charge in [0.05, 0.1) is 19.7 Å². The third-order valence-corrected chi connectivity index (χ3v) is 4.18. The molecule has 0 spiro atoms. The van der Waals surface area contributed by atoms with Gasteiger partial charge in [-0.15, -0.1) is 0 Å². The van der Waals surface area contributed by atoms with E-state index in [0.717, 1.165) is 39.1 Å². The van der Waals surface area contributed by atoms with Gasteiger partial charge in [0.2, 0.25) is 11.8 Å². The second-order valence-corrected chi connectivity index (χ2v) is 5.75. The zero-order chi connectivity index (χ0) is 17.1. The summed E-state index contributed by atoms with van der Waals surface area (Å²) in [5.41, 5.74) is 0. The predicted octanol–water partition coefficient (Wildman–Crippen LogP) is -0.375. The number of rotatable bonds is 9. The molecule has 0 radical (unpaired) electrons. The molecule has 7 nitrogen and oxygen atoms in total. The summed E-state index contributed by atoms with van der Waals surface area (Å²) in [7, 11) is 1.65. The number of amides is 2. The van der Waals surface area contributed by atoms with E-state index < -0.39 is 0 Å². The lowest BCUT2D eigenvalue weighted by Gasteiger charge is -2.25. The van der Waals surface area contributed by atoms with Crippen molar-refractivity contribution in [2.24, 2.45) is 0 Å². The second kappa shape index (κ2) is 11.4. The molecule has 7 heteroatoms. The minimum absolute atomic E-state index is 0.123. The van der Waals surface area contributed by atoms with Crippen molar-refractivity contribution in [3.63, 3.8) is 0 Å². The second-order valence-electron chi connectivity index (χ2n) is 5.75. The molecule has 0 aromatic carbocycles. The van der Waals surface area contributed by atoms with Crippen molar-refractivity contribution in [2.45, 2.75) is 20.3 Å². The lowest BCUT2D eigenvalue weighted by molar-refractivity contribution is -0.132. The summed E-state index contributed by atoms with van der Waals surface area (Å²) in [6.45, 7) is 10.7. The molecule has 1 heterocycles. The van der Waals surface area contributed by atoms with Crippen molar-refractivity contribution in [3.05, 3.63) is 0 Å². The largest absolute Gasteiger partial charge is 0.383 e. The number of nitrogens with one attached hydrogen (secondary N) is 1. The standard InChI is InChI=1S/C16H32N4O3/c1-4-19(5-2)16(22)14-18-8-6-9-20(11-10-18)15(21)13-17-7-12-23-3/h17H,4-14H2,1-3H3. The van der Waals surface area contributed by atoms with Gasteiger partial charge in [-0.05, 0) is 20.3 Å². The third-order valence-electron chi connectivity index (χ3n) is 4.18. The molecule has 0 atom stereocenters. The Balaban J connectivity index is 2.35. The fourth-order valence-corrected chi connectivity index (χ4v) is 2.73. The van der Waals surface area contributed by atoms with Crippen LogP contribution in [0.3, 0.4) is 0 Å². The topological polar surface area (TPSA) is 65.1 Å². The molecular formula is C16H32N4O3. The van der Waals surface area contributed by atoms with Crippen LogP contribution < -0.4 is 5.32 Å². The van der Waals surface area contributed by atoms with Crippen LogP contribution in [0.2, 0.25) is 0 Å². The van der Waals surface area contributed by atoms with Gasteiger partial charge in [0.15, 0.2) is 0 Å². The van der Waals surface area contributed by atoms with E-state index in [0.29, 0.717) is 32.8 Å². The van der Waals surface area contributed by atoms with Crippen molar-refractivity contribution in [3.8, 4) is 0 Å². The van der Waals surface area contributed by atoms with Gasteiger partial charge in [0, 0.05) is 52.9 Å². The van der Waals surface area contributed by atoms with Crippen LogP contribution in [0, 0.1) is 0 Å². The third kappa shape index (κ3) is 7.28. The van der Waals surface area contributed by atoms with E-state index in [2.05, 4.69) is 10.2 Å². The summed E-state index contributed by atoms with van der Waals surface area (Å²) in [6.07, 6.45) is 0.912. The Morgan fingerprint density at radius 1 is 1.13 bits per heavy atom. The van der Waals surface area contributed by atoms with Crippen molar-refractivity contribution < 1.29 is 14.3 Å². The fraction of sp³-hybridized carbons (Fsp3) is 0.875. The average molecular weight is 328 g/mol. The summed E-state index contributed by atoms with van der Waals surface area (Å²) in [5, 5.41) is 3.09. The molecular weight excluding hydrogens is 296 g/mol. The van der Waals surface area contributed by atoms with Crippen molar-refractivity contribution >= 4 is 11.8 Å². The quantitative estimate of drug-likeness (QED) is 0.585. The highest BCUT2D eigenvalue weighted by Crippen LogP contribution is 2.04. The number of ether oxygens (including phenoxy) is 1. The van der Waals surface area contributed by atoms with Crippen LogP contribution in [0.1, 0.15) is 20.3 Å². The molecule has 1 rings (SSSR count). The first kappa shape index (κ1) is 19.9. The van der Waals surface area contributed by atoms with Crippen LogP contribution in [0.15, 0.2) is 0 Å². The molecule has 1 aliphatic rings. The lowest BCUT2D eigenvalue weighted by atomic mass is 10.3. The van der Waals surface area contributed by atoms with Crippen LogP contribution in [-0.4, -0.2) is 99.1 Å². The van der Waals surface area contributed by atoms with Crippen LogP contribution in [-0.2, 0) is 14.3 Å². The molecule has 1 aliphatic heterocycles. The first-order valence-electron chi connectivity index (χ1n) is 8.59. The van der Waals surface area contributed by atoms with E-state index in [1.807, 2.05) is 23.6 Å². The van der Waals surface area contributed by atoms with Crippen molar-refractivity contribution in [2.75, 3.05) is 72.6 Å². The Hall–Kier alpha value is -1.18. The number of hydrogen-bond donors (Lipinski definition) is 1. The molecule has 2 amide bonds. The van der Waals surface area contributed by atoms with Crippen molar-refractivity contribution in [1.82, 2.24) is 20.0 Å². The molecule has 1 N–H and O–H groups in total. The van der Waals surface area contributed by atoms with Crippen LogP contribution in [0.4, 0.5) is 0 Å². The summed E-state index contributed by atoms with van der Waals surface area (Å²) in [5.74, 6) is 0.300. The van der Waals surface area contributed by atoms with Gasteiger partial charge in [-0.1, -0.05) is 0 Å². The monoisotopic (exact) mass is 328 g/mol. The fourth-order valence-electron chi connectivity index (χ4n) is 2.73. The summed E-state index contributed by atoms with van der Waals surface area (Å²) in [6, 6.07) is 0. The lowest BCUT2D eigenvalue weighted by Crippen LogP contribution is -2.43. The Morgan fingerprint density at radius 3 is 2.52 bits per heavy atom. The molecule has 0 aromatic rings. The number of carbonyl (C=O) groups is 2. The average Bonchev–Trinajstić information content (AvgIpc) is 2.78. The number of carbonyl (C=O) groups excluding carboxylic acids is 2. The van der Waals surface area contributed by atoms with E-state index in [9.17, 15) is 9.59 Å². The molecule has 0 saturated carbocycles. The first-order valence-corrected chi connectivity index (χ1v) is 8.59. The first-order chi connectivity index (χ1) is 11.1. The normalized spacial score (nSPS) is 16.2. The maximum atomic E-state index is 12.2. The molecule has 1 fully saturated rings. The summed E-state index contributed by atoms with van der Waals surface area (Å²) in [4.78, 5) is 30.3. The molecule has 0 aliphatic carbocycles. The van der Waals surface area contributed by atoms with Gasteiger partial charge in [-0.2, -0.15) is 0 Å². The zero-order valence-corrected chi connectivity index (χ0v) is 14.8. The maximum Gasteiger partial charge on any atom is 0.236 e. The molecule has 0 aromatic heterocycles. The molecule has 1 saturated heterocycles. The zero-order valence-electron chi connectivity index (χ0n) is 14.8. The molecule has 0 bridgehead atoms. The maximum absolute atomic E-state index is 12.2. The van der Waals surface area contributed by atoms with E-state index in [4.69, 9.17) is 4.74 Å². The SMILES string of the molecule is CCN(CC)C(=O)CN1CCCN(C(=O)CNCCOC)CC1. The van der Waals surface area contributed by atoms with Crippen LogP contribution in [0.5, 0.6) is 0 Å². The highest BCUT2D eigenvalue weighted by atomic mass is 16.5. The highest BCUT2D eigenvalue weighted by molar-refractivity contribution is 5.79. The van der Waals surface area contributed by atoms with E-state index in [-0.39, 0.29) is 11.8 Å². The van der Waals surface area contributed by atoms with Gasteiger partial charge >= 0.3 is 0 Å². The smallest absolute Gasteiger partial charge is 0.236 e. The Labute approximate surface area is 139 Å². The van der Waals surface area contributed by atoms with Gasteiger partial charge in [-0.25, -0.2) is 0 Å². The minimum Gasteiger partial charge on any atom is -0.383 e. The van der Waals surface area contributed by atoms with Gasteiger partial charge in [0.1, 0.15) is 0 Å². The number of hydrogen-bond acceptors (Lipinski definition) is 5. The van der Waals surface area contributed by atoms with E-state index in [1.54, 1.807) is 7.11 Å². The number of likely N-dealkylation sites (N-methyl/N-ethyl adjacent to an activating group) is 1. The van der Waals surface area contributed by atoms with Gasteiger partial charge in [-0.3, -0.25) is 14.5 Å². The number of nitrogens with zero attached hydrogens (tertiary/aromatic N) is 3.